The van der Waals surface area contributed by atoms with Gasteiger partial charge in [0.15, 0.2) is 0 Å². The maximum atomic E-state index is 13.2. The molecule has 5 nitrogen and oxygen atoms in total. The average Bonchev–Trinajstić information content (AvgIpc) is 2.62. The lowest BCUT2D eigenvalue weighted by Gasteiger charge is -2.19. The average molecular weight is 335 g/mol. The predicted octanol–water partition coefficient (Wildman–Crippen LogP) is 3.14. The highest BCUT2D eigenvalue weighted by Crippen LogP contribution is 2.26. The first-order valence-corrected chi connectivity index (χ1v) is 8.44. The number of fused-ring (bicyclic) bond motifs is 1. The quantitative estimate of drug-likeness (QED) is 0.796. The molecule has 0 radical (unpaired) electrons. The van der Waals surface area contributed by atoms with Crippen molar-refractivity contribution in [2.75, 3.05) is 6.54 Å². The Balaban J connectivity index is 2.50. The summed E-state index contributed by atoms with van der Waals surface area (Å²) in [7, 11) is 0. The van der Waals surface area contributed by atoms with Gasteiger partial charge in [-0.25, -0.2) is 0 Å². The van der Waals surface area contributed by atoms with E-state index in [4.69, 9.17) is 0 Å². The van der Waals surface area contributed by atoms with Gasteiger partial charge in [0.1, 0.15) is 5.56 Å². The number of pyridine rings is 2. The summed E-state index contributed by atoms with van der Waals surface area (Å²) >= 11 is 0. The van der Waals surface area contributed by atoms with Gasteiger partial charge in [-0.1, -0.05) is 11.6 Å². The Hall–Kier alpha value is -2.95. The van der Waals surface area contributed by atoms with Crippen LogP contribution in [0.4, 0.5) is 0 Å². The van der Waals surface area contributed by atoms with Crippen molar-refractivity contribution in [3.05, 3.63) is 64.1 Å². The fraction of sp³-hybridized carbons (Fsp3) is 0.250. The molecule has 0 saturated heterocycles. The summed E-state index contributed by atoms with van der Waals surface area (Å²) < 4.78 is 2.02. The van der Waals surface area contributed by atoms with Crippen LogP contribution in [-0.2, 0) is 6.54 Å². The number of amides is 1. The summed E-state index contributed by atoms with van der Waals surface area (Å²) in [5.74, 6) is -0.343. The Bertz CT molecular complexity index is 991. The zero-order valence-corrected chi connectivity index (χ0v) is 14.7. The molecule has 0 atom stereocenters. The molecule has 0 aliphatic rings. The molecule has 5 heteroatoms. The minimum Gasteiger partial charge on any atom is -0.352 e. The summed E-state index contributed by atoms with van der Waals surface area (Å²) in [5.41, 5.74) is 3.22. The fourth-order valence-corrected chi connectivity index (χ4v) is 3.16. The topological polar surface area (TPSA) is 64.0 Å². The number of carbonyl (C=O) groups excluding carboxylic acids is 1. The van der Waals surface area contributed by atoms with Gasteiger partial charge in [-0.15, -0.1) is 0 Å². The number of rotatable bonds is 4. The summed E-state index contributed by atoms with van der Waals surface area (Å²) in [6, 6.07) is 9.42. The monoisotopic (exact) mass is 335 g/mol. The van der Waals surface area contributed by atoms with Crippen molar-refractivity contribution in [3.8, 4) is 11.3 Å². The molecule has 25 heavy (non-hydrogen) atoms. The summed E-state index contributed by atoms with van der Waals surface area (Å²) in [6.07, 6.45) is 3.33. The zero-order valence-electron chi connectivity index (χ0n) is 14.7. The fourth-order valence-electron chi connectivity index (χ4n) is 3.16. The third kappa shape index (κ3) is 2.93. The Morgan fingerprint density at radius 3 is 2.52 bits per heavy atom. The van der Waals surface area contributed by atoms with Gasteiger partial charge < -0.3 is 9.88 Å². The lowest BCUT2D eigenvalue weighted by molar-refractivity contribution is 0.0955. The molecule has 0 unspecified atom stereocenters. The molecule has 3 aromatic rings. The van der Waals surface area contributed by atoms with E-state index in [9.17, 15) is 9.59 Å². The van der Waals surface area contributed by atoms with E-state index < -0.39 is 0 Å². The summed E-state index contributed by atoms with van der Waals surface area (Å²) in [4.78, 5) is 29.9. The lowest BCUT2D eigenvalue weighted by atomic mass is 10.0. The predicted molar refractivity (Wildman–Crippen MR) is 99.9 cm³/mol. The van der Waals surface area contributed by atoms with Crippen LogP contribution in [-0.4, -0.2) is 22.0 Å². The van der Waals surface area contributed by atoms with E-state index in [2.05, 4.69) is 10.3 Å². The van der Waals surface area contributed by atoms with Gasteiger partial charge in [-0.05, 0) is 45.0 Å². The van der Waals surface area contributed by atoms with Crippen LogP contribution in [0.5, 0.6) is 0 Å². The highest BCUT2D eigenvalue weighted by Gasteiger charge is 2.22. The Labute approximate surface area is 146 Å². The third-order valence-corrected chi connectivity index (χ3v) is 4.26. The molecule has 128 valence electrons. The van der Waals surface area contributed by atoms with Crippen molar-refractivity contribution in [1.29, 1.82) is 0 Å². The Morgan fingerprint density at radius 2 is 1.88 bits per heavy atom. The van der Waals surface area contributed by atoms with E-state index in [0.29, 0.717) is 24.2 Å². The molecule has 2 heterocycles. The van der Waals surface area contributed by atoms with Gasteiger partial charge in [0, 0.05) is 36.4 Å². The van der Waals surface area contributed by atoms with E-state index in [1.807, 2.05) is 55.7 Å². The molecule has 0 spiro atoms. The van der Waals surface area contributed by atoms with Gasteiger partial charge >= 0.3 is 0 Å². The van der Waals surface area contributed by atoms with Crippen LogP contribution in [0.25, 0.3) is 22.2 Å². The molecule has 3 rings (SSSR count). The van der Waals surface area contributed by atoms with Crippen LogP contribution in [0.15, 0.2) is 47.5 Å². The molecular formula is C20H21N3O2. The van der Waals surface area contributed by atoms with Crippen LogP contribution in [0, 0.1) is 6.92 Å². The van der Waals surface area contributed by atoms with E-state index in [1.54, 1.807) is 12.4 Å². The number of nitrogens with one attached hydrogen (secondary N) is 1. The molecule has 2 aromatic heterocycles. The number of hydrogen-bond donors (Lipinski definition) is 1. The third-order valence-electron chi connectivity index (χ3n) is 4.26. The molecule has 0 bridgehead atoms. The number of aryl methyl sites for hydroxylation is 2. The van der Waals surface area contributed by atoms with Crippen molar-refractivity contribution >= 4 is 16.8 Å². The van der Waals surface area contributed by atoms with Crippen LogP contribution < -0.4 is 10.7 Å². The van der Waals surface area contributed by atoms with Crippen LogP contribution in [0.2, 0.25) is 0 Å². The Morgan fingerprint density at radius 1 is 1.16 bits per heavy atom. The van der Waals surface area contributed by atoms with E-state index in [-0.39, 0.29) is 16.9 Å². The SMILES string of the molecule is CCNC(=O)c1c(-c2ccncc2)n(CC)c2ccc(C)cc2c1=O. The minimum absolute atomic E-state index is 0.188. The van der Waals surface area contributed by atoms with Crippen molar-refractivity contribution in [3.63, 3.8) is 0 Å². The second-order valence-electron chi connectivity index (χ2n) is 5.91. The molecular weight excluding hydrogens is 314 g/mol. The second-order valence-corrected chi connectivity index (χ2v) is 5.91. The number of nitrogens with zero attached hydrogens (tertiary/aromatic N) is 2. The molecule has 0 aliphatic carbocycles. The van der Waals surface area contributed by atoms with Crippen LogP contribution >= 0.6 is 0 Å². The molecule has 1 amide bonds. The number of aromatic nitrogens is 2. The first kappa shape index (κ1) is 16.9. The van der Waals surface area contributed by atoms with Crippen molar-refractivity contribution < 1.29 is 4.79 Å². The van der Waals surface area contributed by atoms with Crippen LogP contribution in [0.3, 0.4) is 0 Å². The van der Waals surface area contributed by atoms with Crippen LogP contribution in [0.1, 0.15) is 29.8 Å². The minimum atomic E-state index is -0.343. The van der Waals surface area contributed by atoms with Crippen molar-refractivity contribution in [2.24, 2.45) is 0 Å². The van der Waals surface area contributed by atoms with E-state index >= 15 is 0 Å². The van der Waals surface area contributed by atoms with Gasteiger partial charge in [0.2, 0.25) is 5.43 Å². The molecule has 0 fully saturated rings. The van der Waals surface area contributed by atoms with Gasteiger partial charge in [0.05, 0.1) is 11.2 Å². The first-order chi connectivity index (χ1) is 12.1. The van der Waals surface area contributed by atoms with Crippen molar-refractivity contribution in [1.82, 2.24) is 14.9 Å². The second kappa shape index (κ2) is 6.89. The van der Waals surface area contributed by atoms with Crippen molar-refractivity contribution in [2.45, 2.75) is 27.3 Å². The molecule has 0 saturated carbocycles. The van der Waals surface area contributed by atoms with Gasteiger partial charge in [-0.2, -0.15) is 0 Å². The largest absolute Gasteiger partial charge is 0.352 e. The summed E-state index contributed by atoms with van der Waals surface area (Å²) in [5, 5.41) is 3.35. The van der Waals surface area contributed by atoms with Gasteiger partial charge in [0.25, 0.3) is 5.91 Å². The normalized spacial score (nSPS) is 10.8. The number of hydrogen-bond acceptors (Lipinski definition) is 3. The maximum Gasteiger partial charge on any atom is 0.257 e. The molecule has 1 aromatic carbocycles. The Kier molecular flexibility index (Phi) is 4.65. The lowest BCUT2D eigenvalue weighted by Crippen LogP contribution is -2.31. The summed E-state index contributed by atoms with van der Waals surface area (Å²) in [6.45, 7) is 6.90. The van der Waals surface area contributed by atoms with E-state index in [0.717, 1.165) is 16.6 Å². The maximum absolute atomic E-state index is 13.2. The van der Waals surface area contributed by atoms with E-state index in [1.165, 1.54) is 0 Å². The number of carbonyl (C=O) groups is 1. The zero-order chi connectivity index (χ0) is 18.0. The number of benzene rings is 1. The first-order valence-electron chi connectivity index (χ1n) is 8.44. The smallest absolute Gasteiger partial charge is 0.257 e. The molecule has 1 N–H and O–H groups in total. The molecule has 0 aliphatic heterocycles. The highest BCUT2D eigenvalue weighted by molar-refractivity contribution is 6.03. The highest BCUT2D eigenvalue weighted by atomic mass is 16.2. The van der Waals surface area contributed by atoms with Gasteiger partial charge in [-0.3, -0.25) is 14.6 Å². The standard InChI is InChI=1S/C20H21N3O2/c1-4-22-20(25)17-18(14-8-10-21-11-9-14)23(5-2)16-7-6-13(3)12-15(16)19(17)24/h6-12H,4-5H2,1-3H3,(H,22,25).